The summed E-state index contributed by atoms with van der Waals surface area (Å²) in [6.07, 6.45) is 3.67. The molecule has 0 amide bonds. The fourth-order valence-corrected chi connectivity index (χ4v) is 2.64. The lowest BCUT2D eigenvalue weighted by molar-refractivity contribution is -0.0326. The monoisotopic (exact) mass is 226 g/mol. The normalized spacial score (nSPS) is 21.6. The van der Waals surface area contributed by atoms with Gasteiger partial charge in [0.2, 0.25) is 5.16 Å². The molecule has 3 rings (SSSR count). The number of tetrazole rings is 1. The van der Waals surface area contributed by atoms with Gasteiger partial charge in [-0.25, -0.2) is 4.68 Å². The minimum absolute atomic E-state index is 0.578. The highest BCUT2D eigenvalue weighted by Gasteiger charge is 2.28. The van der Waals surface area contributed by atoms with Gasteiger partial charge in [0.25, 0.3) is 0 Å². The van der Waals surface area contributed by atoms with E-state index in [1.807, 2.05) is 4.68 Å². The van der Waals surface area contributed by atoms with Gasteiger partial charge in [-0.3, -0.25) is 0 Å². The Labute approximate surface area is 92.6 Å². The summed E-state index contributed by atoms with van der Waals surface area (Å²) in [4.78, 5) is 0. The number of rotatable bonds is 5. The highest BCUT2D eigenvalue weighted by Crippen LogP contribution is 2.36. The number of thioether (sulfide) groups is 1. The van der Waals surface area contributed by atoms with Crippen LogP contribution in [0.2, 0.25) is 0 Å². The Kier molecular flexibility index (Phi) is 2.62. The number of hydrogen-bond acceptors (Lipinski definition) is 5. The summed E-state index contributed by atoms with van der Waals surface area (Å²) in [5.41, 5.74) is 0. The number of ether oxygens (including phenoxy) is 1. The van der Waals surface area contributed by atoms with Crippen molar-refractivity contribution < 1.29 is 4.74 Å². The van der Waals surface area contributed by atoms with E-state index < -0.39 is 0 Å². The quantitative estimate of drug-likeness (QED) is 0.705. The molecular weight excluding hydrogens is 212 g/mol. The van der Waals surface area contributed by atoms with Crippen molar-refractivity contribution in [3.05, 3.63) is 0 Å². The Bertz CT molecular complexity index is 335. The smallest absolute Gasteiger partial charge is 0.209 e. The molecule has 0 N–H and O–H groups in total. The summed E-state index contributed by atoms with van der Waals surface area (Å²) >= 11 is 1.77. The van der Waals surface area contributed by atoms with Crippen LogP contribution < -0.4 is 0 Å². The standard InChI is InChI=1S/C9H14N4OS/c1-2-8(1)13-9(10-11-12-13)15-4-3-7-5-14-6-7/h7-8H,1-6H2. The van der Waals surface area contributed by atoms with Crippen LogP contribution in [-0.2, 0) is 4.74 Å². The largest absolute Gasteiger partial charge is 0.381 e. The van der Waals surface area contributed by atoms with Crippen molar-refractivity contribution in [2.45, 2.75) is 30.5 Å². The Morgan fingerprint density at radius 2 is 2.27 bits per heavy atom. The fourth-order valence-electron chi connectivity index (χ4n) is 1.60. The maximum Gasteiger partial charge on any atom is 0.209 e. The minimum Gasteiger partial charge on any atom is -0.381 e. The molecule has 0 spiro atoms. The Morgan fingerprint density at radius 1 is 1.40 bits per heavy atom. The maximum absolute atomic E-state index is 5.14. The summed E-state index contributed by atoms with van der Waals surface area (Å²) in [6, 6.07) is 0.578. The third kappa shape index (κ3) is 2.15. The summed E-state index contributed by atoms with van der Waals surface area (Å²) in [5.74, 6) is 1.86. The lowest BCUT2D eigenvalue weighted by atomic mass is 10.1. The molecule has 5 nitrogen and oxygen atoms in total. The molecule has 1 saturated heterocycles. The average molecular weight is 226 g/mol. The van der Waals surface area contributed by atoms with Gasteiger partial charge in [0.15, 0.2) is 0 Å². The molecule has 0 aromatic carbocycles. The molecule has 2 aliphatic rings. The molecule has 2 fully saturated rings. The van der Waals surface area contributed by atoms with Crippen molar-refractivity contribution in [3.63, 3.8) is 0 Å². The van der Waals surface area contributed by atoms with Crippen molar-refractivity contribution in [2.75, 3.05) is 19.0 Å². The summed E-state index contributed by atoms with van der Waals surface area (Å²) in [5, 5.41) is 12.8. The van der Waals surface area contributed by atoms with E-state index in [9.17, 15) is 0 Å². The van der Waals surface area contributed by atoms with Crippen LogP contribution in [0.1, 0.15) is 25.3 Å². The molecular formula is C9H14N4OS. The molecule has 15 heavy (non-hydrogen) atoms. The van der Waals surface area contributed by atoms with E-state index in [0.717, 1.165) is 30.0 Å². The van der Waals surface area contributed by atoms with Gasteiger partial charge >= 0.3 is 0 Å². The van der Waals surface area contributed by atoms with Crippen molar-refractivity contribution in [2.24, 2.45) is 5.92 Å². The minimum atomic E-state index is 0.578. The van der Waals surface area contributed by atoms with E-state index in [1.165, 1.54) is 19.3 Å². The molecule has 1 aromatic rings. The SMILES string of the molecule is C(CC1COC1)Sc1nnnn1C1CC1. The number of nitrogens with zero attached hydrogens (tertiary/aromatic N) is 4. The predicted octanol–water partition coefficient (Wildman–Crippen LogP) is 1.14. The van der Waals surface area contributed by atoms with Crippen LogP contribution in [0, 0.1) is 5.92 Å². The topological polar surface area (TPSA) is 52.8 Å². The van der Waals surface area contributed by atoms with Gasteiger partial charge in [-0.05, 0) is 29.7 Å². The van der Waals surface area contributed by atoms with Crippen LogP contribution in [0.25, 0.3) is 0 Å². The fraction of sp³-hybridized carbons (Fsp3) is 0.889. The van der Waals surface area contributed by atoms with Crippen molar-refractivity contribution >= 4 is 11.8 Å². The molecule has 82 valence electrons. The molecule has 0 unspecified atom stereocenters. The molecule has 0 radical (unpaired) electrons. The number of aromatic nitrogens is 4. The first-order valence-electron chi connectivity index (χ1n) is 5.42. The van der Waals surface area contributed by atoms with Crippen LogP contribution >= 0.6 is 11.8 Å². The van der Waals surface area contributed by atoms with Gasteiger partial charge in [0.1, 0.15) is 0 Å². The van der Waals surface area contributed by atoms with Gasteiger partial charge in [-0.2, -0.15) is 0 Å². The maximum atomic E-state index is 5.14. The second-order valence-electron chi connectivity index (χ2n) is 4.18. The predicted molar refractivity (Wildman–Crippen MR) is 55.7 cm³/mol. The number of hydrogen-bond donors (Lipinski definition) is 0. The third-order valence-electron chi connectivity index (χ3n) is 2.82. The Morgan fingerprint density at radius 3 is 2.93 bits per heavy atom. The van der Waals surface area contributed by atoms with Gasteiger partial charge < -0.3 is 4.74 Å². The molecule has 0 atom stereocenters. The van der Waals surface area contributed by atoms with E-state index in [4.69, 9.17) is 4.74 Å². The van der Waals surface area contributed by atoms with E-state index in [0.29, 0.717) is 6.04 Å². The first-order valence-corrected chi connectivity index (χ1v) is 6.40. The van der Waals surface area contributed by atoms with Crippen molar-refractivity contribution in [3.8, 4) is 0 Å². The second kappa shape index (κ2) is 4.09. The van der Waals surface area contributed by atoms with Crippen molar-refractivity contribution in [1.29, 1.82) is 0 Å². The van der Waals surface area contributed by atoms with Crippen LogP contribution in [-0.4, -0.2) is 39.2 Å². The molecule has 1 aliphatic carbocycles. The zero-order chi connectivity index (χ0) is 10.1. The molecule has 1 aromatic heterocycles. The second-order valence-corrected chi connectivity index (χ2v) is 5.24. The van der Waals surface area contributed by atoms with E-state index in [2.05, 4.69) is 15.5 Å². The highest BCUT2D eigenvalue weighted by molar-refractivity contribution is 7.99. The van der Waals surface area contributed by atoms with E-state index in [1.54, 1.807) is 11.8 Å². The molecule has 0 bridgehead atoms. The Balaban J connectivity index is 1.49. The van der Waals surface area contributed by atoms with Gasteiger partial charge in [0.05, 0.1) is 19.3 Å². The zero-order valence-electron chi connectivity index (χ0n) is 8.50. The molecule has 1 aliphatic heterocycles. The van der Waals surface area contributed by atoms with Crippen molar-refractivity contribution in [1.82, 2.24) is 20.2 Å². The molecule has 2 heterocycles. The first-order chi connectivity index (χ1) is 7.43. The van der Waals surface area contributed by atoms with Crippen LogP contribution in [0.4, 0.5) is 0 Å². The lowest BCUT2D eigenvalue weighted by Crippen LogP contribution is -2.27. The lowest BCUT2D eigenvalue weighted by Gasteiger charge is -2.25. The summed E-state index contributed by atoms with van der Waals surface area (Å²) < 4.78 is 7.11. The Hall–Kier alpha value is -0.620. The van der Waals surface area contributed by atoms with Gasteiger partial charge in [-0.15, -0.1) is 5.10 Å². The summed E-state index contributed by atoms with van der Waals surface area (Å²) in [6.45, 7) is 1.88. The molecule has 6 heteroatoms. The first kappa shape index (κ1) is 9.59. The van der Waals surface area contributed by atoms with E-state index >= 15 is 0 Å². The van der Waals surface area contributed by atoms with E-state index in [-0.39, 0.29) is 0 Å². The molecule has 1 saturated carbocycles. The highest BCUT2D eigenvalue weighted by atomic mass is 32.2. The summed E-state index contributed by atoms with van der Waals surface area (Å²) in [7, 11) is 0. The van der Waals surface area contributed by atoms with Crippen LogP contribution in [0.3, 0.4) is 0 Å². The van der Waals surface area contributed by atoms with Crippen LogP contribution in [0.5, 0.6) is 0 Å². The van der Waals surface area contributed by atoms with Gasteiger partial charge in [-0.1, -0.05) is 11.8 Å². The van der Waals surface area contributed by atoms with Crippen LogP contribution in [0.15, 0.2) is 5.16 Å². The zero-order valence-corrected chi connectivity index (χ0v) is 9.32. The average Bonchev–Trinajstić information content (AvgIpc) is 2.91. The van der Waals surface area contributed by atoms with Gasteiger partial charge in [0, 0.05) is 11.7 Å². The third-order valence-corrected chi connectivity index (χ3v) is 3.79.